The summed E-state index contributed by atoms with van der Waals surface area (Å²) in [6.45, 7) is 0.797. The van der Waals surface area contributed by atoms with E-state index in [2.05, 4.69) is 10.6 Å². The van der Waals surface area contributed by atoms with Gasteiger partial charge in [0.05, 0.1) is 12.6 Å². The van der Waals surface area contributed by atoms with E-state index in [0.717, 1.165) is 13.0 Å². The monoisotopic (exact) mass is 193 g/mol. The zero-order chi connectivity index (χ0) is 8.27. The second-order valence-electron chi connectivity index (χ2n) is 2.48. The molecule has 1 rings (SSSR count). The lowest BCUT2D eigenvalue weighted by Gasteiger charge is -2.25. The maximum atomic E-state index is 10.9. The molecule has 1 heterocycles. The van der Waals surface area contributed by atoms with Gasteiger partial charge in [0, 0.05) is 0 Å². The Morgan fingerprint density at radius 1 is 1.58 bits per heavy atom. The lowest BCUT2D eigenvalue weighted by molar-refractivity contribution is -0.127. The van der Waals surface area contributed by atoms with Crippen molar-refractivity contribution in [3.8, 4) is 0 Å². The maximum Gasteiger partial charge on any atom is 0.237 e. The molecule has 0 radical (unpaired) electrons. The number of carbonyl (C=O) groups is 2. The molecule has 0 aromatic heterocycles. The molecular weight excluding hydrogens is 182 g/mol. The minimum Gasteiger partial charge on any atom is -0.368 e. The number of hydrogen-bond acceptors (Lipinski definition) is 3. The SMILES string of the molecule is Cl.NC(=O)CNC(=O)[C@H]1CCN1. The second-order valence-corrected chi connectivity index (χ2v) is 2.48. The van der Waals surface area contributed by atoms with E-state index in [-0.39, 0.29) is 30.9 Å². The number of hydrogen-bond donors (Lipinski definition) is 3. The predicted octanol–water partition coefficient (Wildman–Crippen LogP) is -1.63. The van der Waals surface area contributed by atoms with Crippen LogP contribution in [0.25, 0.3) is 0 Å². The minimum absolute atomic E-state index is 0. The fraction of sp³-hybridized carbons (Fsp3) is 0.667. The van der Waals surface area contributed by atoms with Crippen molar-refractivity contribution in [2.45, 2.75) is 12.5 Å². The van der Waals surface area contributed by atoms with Crippen molar-refractivity contribution in [3.63, 3.8) is 0 Å². The van der Waals surface area contributed by atoms with Crippen molar-refractivity contribution in [2.24, 2.45) is 5.73 Å². The van der Waals surface area contributed by atoms with Crippen molar-refractivity contribution < 1.29 is 9.59 Å². The number of nitrogens with two attached hydrogens (primary N) is 1. The average molecular weight is 194 g/mol. The summed E-state index contributed by atoms with van der Waals surface area (Å²) in [6, 6.07) is -0.116. The molecule has 12 heavy (non-hydrogen) atoms. The molecule has 0 unspecified atom stereocenters. The van der Waals surface area contributed by atoms with E-state index < -0.39 is 5.91 Å². The van der Waals surface area contributed by atoms with E-state index >= 15 is 0 Å². The van der Waals surface area contributed by atoms with Gasteiger partial charge in [-0.05, 0) is 13.0 Å². The van der Waals surface area contributed by atoms with Gasteiger partial charge >= 0.3 is 0 Å². The number of primary amides is 1. The van der Waals surface area contributed by atoms with Gasteiger partial charge in [0.2, 0.25) is 11.8 Å². The Morgan fingerprint density at radius 3 is 2.50 bits per heavy atom. The summed E-state index contributed by atoms with van der Waals surface area (Å²) in [6.07, 6.45) is 0.838. The van der Waals surface area contributed by atoms with Gasteiger partial charge in [-0.2, -0.15) is 0 Å². The first kappa shape index (κ1) is 11.2. The fourth-order valence-electron chi connectivity index (χ4n) is 0.810. The molecule has 1 aliphatic rings. The molecule has 1 atom stereocenters. The topological polar surface area (TPSA) is 84.2 Å². The van der Waals surface area contributed by atoms with E-state index in [0.29, 0.717) is 0 Å². The average Bonchev–Trinajstić information content (AvgIpc) is 1.79. The van der Waals surface area contributed by atoms with Crippen LogP contribution in [-0.2, 0) is 9.59 Å². The Balaban J connectivity index is 0.00000121. The molecule has 5 nitrogen and oxygen atoms in total. The minimum atomic E-state index is -0.516. The van der Waals surface area contributed by atoms with Crippen LogP contribution >= 0.6 is 12.4 Å². The maximum absolute atomic E-state index is 10.9. The van der Waals surface area contributed by atoms with Gasteiger partial charge in [-0.15, -0.1) is 12.4 Å². The third-order valence-corrected chi connectivity index (χ3v) is 1.58. The molecule has 2 amide bonds. The van der Waals surface area contributed by atoms with Crippen molar-refractivity contribution >= 4 is 24.2 Å². The van der Waals surface area contributed by atoms with Crippen LogP contribution in [0.15, 0.2) is 0 Å². The van der Waals surface area contributed by atoms with E-state index in [9.17, 15) is 9.59 Å². The molecule has 6 heteroatoms. The lowest BCUT2D eigenvalue weighted by Crippen LogP contribution is -2.54. The molecular formula is C6H12ClN3O2. The Bertz CT molecular complexity index is 182. The van der Waals surface area contributed by atoms with Gasteiger partial charge in [0.1, 0.15) is 0 Å². The molecule has 70 valence electrons. The third-order valence-electron chi connectivity index (χ3n) is 1.58. The van der Waals surface area contributed by atoms with Crippen molar-refractivity contribution in [1.82, 2.24) is 10.6 Å². The van der Waals surface area contributed by atoms with Crippen molar-refractivity contribution in [1.29, 1.82) is 0 Å². The van der Waals surface area contributed by atoms with Crippen LogP contribution < -0.4 is 16.4 Å². The number of amides is 2. The highest BCUT2D eigenvalue weighted by atomic mass is 35.5. The highest BCUT2D eigenvalue weighted by Gasteiger charge is 2.23. The molecule has 0 spiro atoms. The molecule has 0 saturated carbocycles. The second kappa shape index (κ2) is 4.95. The first-order valence-corrected chi connectivity index (χ1v) is 3.49. The van der Waals surface area contributed by atoms with Gasteiger partial charge in [-0.1, -0.05) is 0 Å². The molecule has 4 N–H and O–H groups in total. The molecule has 0 bridgehead atoms. The predicted molar refractivity (Wildman–Crippen MR) is 45.9 cm³/mol. The zero-order valence-corrected chi connectivity index (χ0v) is 7.32. The largest absolute Gasteiger partial charge is 0.368 e. The highest BCUT2D eigenvalue weighted by molar-refractivity contribution is 5.87. The zero-order valence-electron chi connectivity index (χ0n) is 6.50. The van der Waals surface area contributed by atoms with Gasteiger partial charge in [-0.25, -0.2) is 0 Å². The molecule has 0 aromatic carbocycles. The summed E-state index contributed by atoms with van der Waals surface area (Å²) in [5.74, 6) is -0.660. The van der Waals surface area contributed by atoms with E-state index in [1.165, 1.54) is 0 Å². The van der Waals surface area contributed by atoms with E-state index in [1.54, 1.807) is 0 Å². The van der Waals surface area contributed by atoms with Crippen LogP contribution in [0, 0.1) is 0 Å². The summed E-state index contributed by atoms with van der Waals surface area (Å²) < 4.78 is 0. The summed E-state index contributed by atoms with van der Waals surface area (Å²) >= 11 is 0. The first-order valence-electron chi connectivity index (χ1n) is 3.49. The smallest absolute Gasteiger partial charge is 0.237 e. The van der Waals surface area contributed by atoms with Gasteiger partial charge in [0.25, 0.3) is 0 Å². The molecule has 0 aliphatic carbocycles. The Labute approximate surface area is 76.5 Å². The normalized spacial score (nSPS) is 20.2. The molecule has 0 aromatic rings. The fourth-order valence-corrected chi connectivity index (χ4v) is 0.810. The summed E-state index contributed by atoms with van der Waals surface area (Å²) in [5.41, 5.74) is 4.83. The van der Waals surface area contributed by atoms with E-state index in [1.807, 2.05) is 0 Å². The van der Waals surface area contributed by atoms with Crippen LogP contribution in [-0.4, -0.2) is 30.9 Å². The standard InChI is InChI=1S/C6H11N3O2.ClH/c7-5(10)3-9-6(11)4-1-2-8-4;/h4,8H,1-3H2,(H2,7,10)(H,9,11);1H/t4-;/m1./s1. The first-order chi connectivity index (χ1) is 5.20. The highest BCUT2D eigenvalue weighted by Crippen LogP contribution is 2.00. The number of halogens is 1. The Morgan fingerprint density at radius 2 is 2.17 bits per heavy atom. The van der Waals surface area contributed by atoms with Crippen LogP contribution in [0.3, 0.4) is 0 Å². The lowest BCUT2D eigenvalue weighted by atomic mass is 10.1. The van der Waals surface area contributed by atoms with Crippen LogP contribution in [0.2, 0.25) is 0 Å². The van der Waals surface area contributed by atoms with Crippen LogP contribution in [0.4, 0.5) is 0 Å². The number of nitrogens with one attached hydrogen (secondary N) is 2. The quantitative estimate of drug-likeness (QED) is 0.503. The number of carbonyl (C=O) groups excluding carboxylic acids is 2. The van der Waals surface area contributed by atoms with E-state index in [4.69, 9.17) is 5.73 Å². The van der Waals surface area contributed by atoms with Crippen molar-refractivity contribution in [2.75, 3.05) is 13.1 Å². The Hall–Kier alpha value is -0.810. The van der Waals surface area contributed by atoms with Crippen LogP contribution in [0.5, 0.6) is 0 Å². The van der Waals surface area contributed by atoms with Gasteiger partial charge in [0.15, 0.2) is 0 Å². The number of rotatable bonds is 3. The molecule has 1 fully saturated rings. The Kier molecular flexibility index (Phi) is 4.61. The summed E-state index contributed by atoms with van der Waals surface area (Å²) in [5, 5.41) is 5.31. The van der Waals surface area contributed by atoms with Gasteiger partial charge in [-0.3, -0.25) is 9.59 Å². The summed E-state index contributed by atoms with van der Waals surface area (Å²) in [7, 11) is 0. The summed E-state index contributed by atoms with van der Waals surface area (Å²) in [4.78, 5) is 21.2. The van der Waals surface area contributed by atoms with Gasteiger partial charge < -0.3 is 16.4 Å². The molecule has 1 aliphatic heterocycles. The molecule has 1 saturated heterocycles. The third kappa shape index (κ3) is 3.06. The van der Waals surface area contributed by atoms with Crippen molar-refractivity contribution in [3.05, 3.63) is 0 Å². The van der Waals surface area contributed by atoms with Crippen LogP contribution in [0.1, 0.15) is 6.42 Å².